The average Bonchev–Trinajstić information content (AvgIpc) is 2.17. The largest absolute Gasteiger partial charge is 0.303 e. The highest BCUT2D eigenvalue weighted by atomic mass is 19.1. The lowest BCUT2D eigenvalue weighted by molar-refractivity contribution is -0.108. The monoisotopic (exact) mass is 177 g/mol. The molecule has 3 heteroatoms. The molecule has 2 nitrogen and oxygen atoms in total. The molecule has 66 valence electrons. The van der Waals surface area contributed by atoms with E-state index in [1.807, 2.05) is 0 Å². The molecule has 0 aliphatic rings. The van der Waals surface area contributed by atoms with Gasteiger partial charge >= 0.3 is 0 Å². The summed E-state index contributed by atoms with van der Waals surface area (Å²) in [5.41, 5.74) is 0.638. The SMILES string of the molecule is C[C@H](C=O)c1ccc(F)c(C#N)c1. The van der Waals surface area contributed by atoms with Crippen molar-refractivity contribution in [3.8, 4) is 6.07 Å². The molecular formula is C10H8FNO. The number of carbonyl (C=O) groups is 1. The van der Waals surface area contributed by atoms with Crippen LogP contribution in [0.4, 0.5) is 4.39 Å². The Kier molecular flexibility index (Phi) is 2.76. The van der Waals surface area contributed by atoms with Crippen LogP contribution < -0.4 is 0 Å². The molecule has 0 amide bonds. The first-order valence-electron chi connectivity index (χ1n) is 3.84. The molecule has 0 unspecified atom stereocenters. The van der Waals surface area contributed by atoms with Gasteiger partial charge < -0.3 is 4.79 Å². The molecule has 0 radical (unpaired) electrons. The van der Waals surface area contributed by atoms with E-state index in [-0.39, 0.29) is 11.5 Å². The average molecular weight is 177 g/mol. The molecule has 13 heavy (non-hydrogen) atoms. The van der Waals surface area contributed by atoms with Crippen LogP contribution in [0.15, 0.2) is 18.2 Å². The predicted octanol–water partition coefficient (Wildman–Crippen LogP) is 2.00. The highest BCUT2D eigenvalue weighted by molar-refractivity contribution is 5.61. The number of hydrogen-bond donors (Lipinski definition) is 0. The molecule has 0 spiro atoms. The second-order valence-corrected chi connectivity index (χ2v) is 2.78. The Morgan fingerprint density at radius 3 is 2.85 bits per heavy atom. The van der Waals surface area contributed by atoms with Gasteiger partial charge in [0, 0.05) is 5.92 Å². The molecule has 1 aromatic rings. The standard InChI is InChI=1S/C10H8FNO/c1-7(6-13)8-2-3-10(11)9(4-8)5-12/h2-4,6-7H,1H3/t7-/m1/s1. The number of benzene rings is 1. The molecule has 0 N–H and O–H groups in total. The van der Waals surface area contributed by atoms with E-state index in [4.69, 9.17) is 5.26 Å². The van der Waals surface area contributed by atoms with E-state index in [0.717, 1.165) is 6.29 Å². The third kappa shape index (κ3) is 1.91. The van der Waals surface area contributed by atoms with Crippen molar-refractivity contribution in [2.75, 3.05) is 0 Å². The summed E-state index contributed by atoms with van der Waals surface area (Å²) >= 11 is 0. The summed E-state index contributed by atoms with van der Waals surface area (Å²) in [4.78, 5) is 10.4. The first-order valence-corrected chi connectivity index (χ1v) is 3.84. The van der Waals surface area contributed by atoms with Crippen molar-refractivity contribution in [3.05, 3.63) is 35.1 Å². The summed E-state index contributed by atoms with van der Waals surface area (Å²) in [6.45, 7) is 1.70. The molecule has 1 rings (SSSR count). The zero-order valence-corrected chi connectivity index (χ0v) is 7.12. The fourth-order valence-electron chi connectivity index (χ4n) is 0.990. The maximum absolute atomic E-state index is 12.8. The summed E-state index contributed by atoms with van der Waals surface area (Å²) < 4.78 is 12.8. The van der Waals surface area contributed by atoms with Gasteiger partial charge in [-0.3, -0.25) is 0 Å². The van der Waals surface area contributed by atoms with E-state index in [0.29, 0.717) is 5.56 Å². The molecule has 1 atom stereocenters. The third-order valence-electron chi connectivity index (χ3n) is 1.84. The Balaban J connectivity index is 3.15. The highest BCUT2D eigenvalue weighted by Gasteiger charge is 2.07. The van der Waals surface area contributed by atoms with Gasteiger partial charge in [-0.05, 0) is 17.7 Å². The second kappa shape index (κ2) is 3.81. The molecule has 0 aliphatic carbocycles. The third-order valence-corrected chi connectivity index (χ3v) is 1.84. The van der Waals surface area contributed by atoms with Crippen molar-refractivity contribution in [1.29, 1.82) is 5.26 Å². The predicted molar refractivity (Wildman–Crippen MR) is 45.6 cm³/mol. The van der Waals surface area contributed by atoms with Crippen LogP contribution in [-0.4, -0.2) is 6.29 Å². The Hall–Kier alpha value is -1.69. The quantitative estimate of drug-likeness (QED) is 0.648. The minimum absolute atomic E-state index is 0.0220. The minimum Gasteiger partial charge on any atom is -0.303 e. The number of carbonyl (C=O) groups excluding carboxylic acids is 1. The Bertz CT molecular complexity index is 368. The van der Waals surface area contributed by atoms with Crippen molar-refractivity contribution in [2.24, 2.45) is 0 Å². The normalized spacial score (nSPS) is 11.8. The number of nitriles is 1. The summed E-state index contributed by atoms with van der Waals surface area (Å²) in [6.07, 6.45) is 0.758. The van der Waals surface area contributed by atoms with Crippen LogP contribution in [0.3, 0.4) is 0 Å². The molecule has 0 saturated heterocycles. The lowest BCUT2D eigenvalue weighted by atomic mass is 10.0. The van der Waals surface area contributed by atoms with Crippen molar-refractivity contribution in [1.82, 2.24) is 0 Å². The molecule has 0 heterocycles. The maximum atomic E-state index is 12.8. The molecule has 0 bridgehead atoms. The van der Waals surface area contributed by atoms with E-state index in [9.17, 15) is 9.18 Å². The summed E-state index contributed by atoms with van der Waals surface area (Å²) in [5, 5.41) is 8.52. The van der Waals surface area contributed by atoms with Gasteiger partial charge in [0.1, 0.15) is 18.2 Å². The molecule has 0 saturated carbocycles. The topological polar surface area (TPSA) is 40.9 Å². The van der Waals surface area contributed by atoms with Gasteiger partial charge in [0.15, 0.2) is 0 Å². The van der Waals surface area contributed by atoms with E-state index in [2.05, 4.69) is 0 Å². The lowest BCUT2D eigenvalue weighted by Gasteiger charge is -2.03. The van der Waals surface area contributed by atoms with Crippen LogP contribution in [0.25, 0.3) is 0 Å². The van der Waals surface area contributed by atoms with Gasteiger partial charge in [0.05, 0.1) is 5.56 Å². The van der Waals surface area contributed by atoms with E-state index in [1.165, 1.54) is 18.2 Å². The van der Waals surface area contributed by atoms with Gasteiger partial charge in [-0.25, -0.2) is 4.39 Å². The number of nitrogens with zero attached hydrogens (tertiary/aromatic N) is 1. The van der Waals surface area contributed by atoms with Gasteiger partial charge in [0.2, 0.25) is 0 Å². The van der Waals surface area contributed by atoms with Crippen LogP contribution in [0.2, 0.25) is 0 Å². The van der Waals surface area contributed by atoms with Crippen molar-refractivity contribution in [2.45, 2.75) is 12.8 Å². The molecule has 0 fully saturated rings. The van der Waals surface area contributed by atoms with Crippen molar-refractivity contribution >= 4 is 6.29 Å². The first kappa shape index (κ1) is 9.40. The van der Waals surface area contributed by atoms with Crippen molar-refractivity contribution in [3.63, 3.8) is 0 Å². The number of hydrogen-bond acceptors (Lipinski definition) is 2. The minimum atomic E-state index is -0.552. The van der Waals surface area contributed by atoms with Crippen LogP contribution in [0.5, 0.6) is 0 Å². The summed E-state index contributed by atoms with van der Waals surface area (Å²) in [6, 6.07) is 5.83. The molecular weight excluding hydrogens is 169 g/mol. The number of rotatable bonds is 2. The van der Waals surface area contributed by atoms with Crippen LogP contribution >= 0.6 is 0 Å². The smallest absolute Gasteiger partial charge is 0.140 e. The van der Waals surface area contributed by atoms with Gasteiger partial charge in [-0.15, -0.1) is 0 Å². The van der Waals surface area contributed by atoms with E-state index >= 15 is 0 Å². The van der Waals surface area contributed by atoms with Crippen LogP contribution in [-0.2, 0) is 4.79 Å². The van der Waals surface area contributed by atoms with Gasteiger partial charge in [0.25, 0.3) is 0 Å². The fourth-order valence-corrected chi connectivity index (χ4v) is 0.990. The summed E-state index contributed by atoms with van der Waals surface area (Å²) in [5.74, 6) is -0.850. The second-order valence-electron chi connectivity index (χ2n) is 2.78. The summed E-state index contributed by atoms with van der Waals surface area (Å²) in [7, 11) is 0. The number of halogens is 1. The van der Waals surface area contributed by atoms with E-state index < -0.39 is 5.82 Å². The van der Waals surface area contributed by atoms with Crippen molar-refractivity contribution < 1.29 is 9.18 Å². The molecule has 0 aromatic heterocycles. The highest BCUT2D eigenvalue weighted by Crippen LogP contribution is 2.16. The zero-order chi connectivity index (χ0) is 9.84. The van der Waals surface area contributed by atoms with Crippen LogP contribution in [0, 0.1) is 17.1 Å². The Labute approximate surface area is 75.6 Å². The van der Waals surface area contributed by atoms with E-state index in [1.54, 1.807) is 13.0 Å². The molecule has 1 aromatic carbocycles. The fraction of sp³-hybridized carbons (Fsp3) is 0.200. The van der Waals surface area contributed by atoms with Crippen LogP contribution in [0.1, 0.15) is 24.0 Å². The van der Waals surface area contributed by atoms with Gasteiger partial charge in [-0.2, -0.15) is 5.26 Å². The lowest BCUT2D eigenvalue weighted by Crippen LogP contribution is -1.96. The Morgan fingerprint density at radius 1 is 1.62 bits per heavy atom. The first-order chi connectivity index (χ1) is 6.19. The van der Waals surface area contributed by atoms with Gasteiger partial charge in [-0.1, -0.05) is 13.0 Å². The maximum Gasteiger partial charge on any atom is 0.140 e. The zero-order valence-electron chi connectivity index (χ0n) is 7.12. The Morgan fingerprint density at radius 2 is 2.31 bits per heavy atom. The molecule has 0 aliphatic heterocycles. The number of aldehydes is 1.